The fraction of sp³-hybridized carbons (Fsp3) is 0.588. The van der Waals surface area contributed by atoms with Crippen LogP contribution in [-0.4, -0.2) is 38.3 Å². The van der Waals surface area contributed by atoms with Crippen LogP contribution in [0.25, 0.3) is 0 Å². The van der Waals surface area contributed by atoms with Gasteiger partial charge in [-0.1, -0.05) is 32.0 Å². The second-order valence-electron chi connectivity index (χ2n) is 6.17. The molecule has 116 valence electrons. The Kier molecular flexibility index (Phi) is 4.88. The van der Waals surface area contributed by atoms with Gasteiger partial charge in [0.25, 0.3) is 0 Å². The average molecular weight is 290 g/mol. The highest BCUT2D eigenvalue weighted by Gasteiger charge is 2.37. The molecule has 0 fully saturated rings. The summed E-state index contributed by atoms with van der Waals surface area (Å²) in [5, 5.41) is 3.29. The first-order chi connectivity index (χ1) is 10.00. The maximum absolute atomic E-state index is 12.2. The number of nitrogens with one attached hydrogen (secondary N) is 1. The number of carbonyl (C=O) groups is 1. The van der Waals surface area contributed by atoms with Gasteiger partial charge in [0, 0.05) is 18.8 Å². The summed E-state index contributed by atoms with van der Waals surface area (Å²) >= 11 is 0. The predicted octanol–water partition coefficient (Wildman–Crippen LogP) is 2.23. The lowest BCUT2D eigenvalue weighted by atomic mass is 9.91. The van der Waals surface area contributed by atoms with E-state index in [4.69, 9.17) is 4.74 Å². The number of para-hydroxylation sites is 1. The van der Waals surface area contributed by atoms with Gasteiger partial charge in [0.15, 0.2) is 0 Å². The molecule has 1 aromatic rings. The van der Waals surface area contributed by atoms with Crippen LogP contribution in [0.1, 0.15) is 26.3 Å². The predicted molar refractivity (Wildman–Crippen MR) is 85.6 cm³/mol. The number of carbonyl (C=O) groups excluding carboxylic acids is 1. The number of fused-ring (bicyclic) bond motifs is 1. The number of rotatable bonds is 5. The lowest BCUT2D eigenvalue weighted by Crippen LogP contribution is -2.58. The van der Waals surface area contributed by atoms with Gasteiger partial charge in [-0.2, -0.15) is 0 Å². The van der Waals surface area contributed by atoms with E-state index in [0.717, 1.165) is 19.5 Å². The first-order valence-electron chi connectivity index (χ1n) is 7.66. The lowest BCUT2D eigenvalue weighted by Gasteiger charge is -2.40. The van der Waals surface area contributed by atoms with Crippen molar-refractivity contribution in [3.8, 4) is 0 Å². The lowest BCUT2D eigenvalue weighted by molar-refractivity contribution is -0.147. The molecule has 1 aliphatic rings. The van der Waals surface area contributed by atoms with Crippen molar-refractivity contribution in [3.63, 3.8) is 0 Å². The van der Waals surface area contributed by atoms with E-state index in [1.54, 1.807) is 0 Å². The zero-order chi connectivity index (χ0) is 15.5. The van der Waals surface area contributed by atoms with Gasteiger partial charge in [0.2, 0.25) is 0 Å². The van der Waals surface area contributed by atoms with Crippen molar-refractivity contribution < 1.29 is 9.53 Å². The van der Waals surface area contributed by atoms with E-state index in [2.05, 4.69) is 41.4 Å². The summed E-state index contributed by atoms with van der Waals surface area (Å²) in [4.78, 5) is 14.5. The Morgan fingerprint density at radius 2 is 2.19 bits per heavy atom. The van der Waals surface area contributed by atoms with Crippen LogP contribution in [0.4, 0.5) is 5.69 Å². The maximum atomic E-state index is 12.2. The number of hydrogen-bond acceptors (Lipinski definition) is 4. The molecular weight excluding hydrogens is 264 g/mol. The SMILES string of the molecule is CCNC(C)(CN1CC(C)Cc2ccccc21)C(=O)OC. The van der Waals surface area contributed by atoms with E-state index in [0.29, 0.717) is 12.5 Å². The van der Waals surface area contributed by atoms with E-state index in [1.165, 1.54) is 18.4 Å². The van der Waals surface area contributed by atoms with Crippen molar-refractivity contribution >= 4 is 11.7 Å². The second kappa shape index (κ2) is 6.48. The zero-order valence-corrected chi connectivity index (χ0v) is 13.5. The van der Waals surface area contributed by atoms with Crippen molar-refractivity contribution in [1.82, 2.24) is 5.32 Å². The molecule has 0 bridgehead atoms. The fourth-order valence-corrected chi connectivity index (χ4v) is 3.25. The molecular formula is C17H26N2O2. The van der Waals surface area contributed by atoms with Crippen molar-refractivity contribution in [1.29, 1.82) is 0 Å². The van der Waals surface area contributed by atoms with Crippen LogP contribution in [0, 0.1) is 5.92 Å². The third-order valence-corrected chi connectivity index (χ3v) is 4.14. The molecule has 2 unspecified atom stereocenters. The van der Waals surface area contributed by atoms with Gasteiger partial charge < -0.3 is 15.0 Å². The number of likely N-dealkylation sites (N-methyl/N-ethyl adjacent to an activating group) is 1. The van der Waals surface area contributed by atoms with Gasteiger partial charge in [0.1, 0.15) is 5.54 Å². The Labute approximate surface area is 127 Å². The van der Waals surface area contributed by atoms with Crippen LogP contribution in [0.5, 0.6) is 0 Å². The second-order valence-corrected chi connectivity index (χ2v) is 6.17. The summed E-state index contributed by atoms with van der Waals surface area (Å²) in [5.41, 5.74) is 1.91. The Bertz CT molecular complexity index is 503. The molecule has 0 aromatic heterocycles. The van der Waals surface area contributed by atoms with Crippen LogP contribution < -0.4 is 10.2 Å². The van der Waals surface area contributed by atoms with E-state index in [-0.39, 0.29) is 5.97 Å². The van der Waals surface area contributed by atoms with Crippen LogP contribution in [0.2, 0.25) is 0 Å². The summed E-state index contributed by atoms with van der Waals surface area (Å²) in [5.74, 6) is 0.378. The molecule has 0 amide bonds. The van der Waals surface area contributed by atoms with E-state index >= 15 is 0 Å². The molecule has 0 saturated carbocycles. The fourth-order valence-electron chi connectivity index (χ4n) is 3.25. The molecule has 1 heterocycles. The Hall–Kier alpha value is -1.55. The Balaban J connectivity index is 2.27. The zero-order valence-electron chi connectivity index (χ0n) is 13.5. The molecule has 21 heavy (non-hydrogen) atoms. The van der Waals surface area contributed by atoms with E-state index in [1.807, 2.05) is 13.8 Å². The number of methoxy groups -OCH3 is 1. The molecule has 0 aliphatic carbocycles. The molecule has 1 N–H and O–H groups in total. The van der Waals surface area contributed by atoms with E-state index in [9.17, 15) is 4.79 Å². The third kappa shape index (κ3) is 3.38. The Morgan fingerprint density at radius 3 is 2.86 bits per heavy atom. The molecule has 1 aliphatic heterocycles. The maximum Gasteiger partial charge on any atom is 0.327 e. The minimum atomic E-state index is -0.687. The molecule has 4 nitrogen and oxygen atoms in total. The Morgan fingerprint density at radius 1 is 1.48 bits per heavy atom. The van der Waals surface area contributed by atoms with Gasteiger partial charge in [-0.25, -0.2) is 4.79 Å². The minimum Gasteiger partial charge on any atom is -0.468 e. The first-order valence-corrected chi connectivity index (χ1v) is 7.66. The van der Waals surface area contributed by atoms with Gasteiger partial charge in [0.05, 0.1) is 7.11 Å². The molecule has 4 heteroatoms. The van der Waals surface area contributed by atoms with Crippen LogP contribution in [-0.2, 0) is 16.0 Å². The number of benzene rings is 1. The largest absolute Gasteiger partial charge is 0.468 e. The van der Waals surface area contributed by atoms with Crippen LogP contribution in [0.3, 0.4) is 0 Å². The summed E-state index contributed by atoms with van der Waals surface area (Å²) in [6.07, 6.45) is 1.10. The number of ether oxygens (including phenoxy) is 1. The molecule has 0 saturated heterocycles. The number of hydrogen-bond donors (Lipinski definition) is 1. The minimum absolute atomic E-state index is 0.208. The van der Waals surface area contributed by atoms with Crippen molar-refractivity contribution in [3.05, 3.63) is 29.8 Å². The normalized spacial score (nSPS) is 20.6. The van der Waals surface area contributed by atoms with Crippen LogP contribution in [0.15, 0.2) is 24.3 Å². The van der Waals surface area contributed by atoms with Crippen LogP contribution >= 0.6 is 0 Å². The van der Waals surface area contributed by atoms with Gasteiger partial charge in [-0.3, -0.25) is 0 Å². The van der Waals surface area contributed by atoms with E-state index < -0.39 is 5.54 Å². The van der Waals surface area contributed by atoms with Gasteiger partial charge >= 0.3 is 5.97 Å². The quantitative estimate of drug-likeness (QED) is 0.844. The monoisotopic (exact) mass is 290 g/mol. The topological polar surface area (TPSA) is 41.6 Å². The smallest absolute Gasteiger partial charge is 0.327 e. The average Bonchev–Trinajstić information content (AvgIpc) is 2.46. The summed E-state index contributed by atoms with van der Waals surface area (Å²) < 4.78 is 5.00. The van der Waals surface area contributed by atoms with Gasteiger partial charge in [-0.15, -0.1) is 0 Å². The summed E-state index contributed by atoms with van der Waals surface area (Å²) in [7, 11) is 1.45. The summed E-state index contributed by atoms with van der Waals surface area (Å²) in [6, 6.07) is 8.47. The first kappa shape index (κ1) is 15.8. The highest BCUT2D eigenvalue weighted by molar-refractivity contribution is 5.81. The van der Waals surface area contributed by atoms with Crippen molar-refractivity contribution in [2.24, 2.45) is 5.92 Å². The number of anilines is 1. The molecule has 1 aromatic carbocycles. The molecule has 0 radical (unpaired) electrons. The van der Waals surface area contributed by atoms with Crippen molar-refractivity contribution in [2.75, 3.05) is 31.6 Å². The van der Waals surface area contributed by atoms with Crippen molar-refractivity contribution in [2.45, 2.75) is 32.7 Å². The third-order valence-electron chi connectivity index (χ3n) is 4.14. The molecule has 0 spiro atoms. The number of nitrogens with zero attached hydrogens (tertiary/aromatic N) is 1. The van der Waals surface area contributed by atoms with Gasteiger partial charge in [-0.05, 0) is 37.4 Å². The summed E-state index contributed by atoms with van der Waals surface area (Å²) in [6.45, 7) is 8.50. The molecule has 2 atom stereocenters. The molecule has 2 rings (SSSR count). The standard InChI is InChI=1S/C17H26N2O2/c1-5-18-17(3,16(20)21-4)12-19-11-13(2)10-14-8-6-7-9-15(14)19/h6-9,13,18H,5,10-12H2,1-4H3. The highest BCUT2D eigenvalue weighted by Crippen LogP contribution is 2.30. The number of esters is 1. The highest BCUT2D eigenvalue weighted by atomic mass is 16.5.